The van der Waals surface area contributed by atoms with E-state index in [2.05, 4.69) is 4.74 Å². The van der Waals surface area contributed by atoms with Gasteiger partial charge in [-0.3, -0.25) is 4.79 Å². The first-order valence-corrected chi connectivity index (χ1v) is 6.64. The summed E-state index contributed by atoms with van der Waals surface area (Å²) in [5.74, 6) is -2.07. The summed E-state index contributed by atoms with van der Waals surface area (Å²) in [7, 11) is 1.08. The summed E-state index contributed by atoms with van der Waals surface area (Å²) in [6.45, 7) is 5.45. The highest BCUT2D eigenvalue weighted by molar-refractivity contribution is 6.39. The molecule has 0 aliphatic heterocycles. The molecule has 6 heteroatoms. The summed E-state index contributed by atoms with van der Waals surface area (Å²) in [5.41, 5.74) is 1.000. The molecule has 0 aliphatic carbocycles. The molecule has 0 saturated heterocycles. The number of aryl methyl sites for hydroxylation is 1. The summed E-state index contributed by atoms with van der Waals surface area (Å²) in [6.07, 6.45) is 0.647. The Hall–Kier alpha value is -2.01. The smallest absolute Gasteiger partial charge is 0.378 e. The maximum atomic E-state index is 11.5. The molecule has 0 radical (unpaired) electrons. The van der Waals surface area contributed by atoms with E-state index in [1.54, 1.807) is 13.0 Å². The average Bonchev–Trinajstić information content (AvgIpc) is 2.40. The number of hydrogen-bond donors (Lipinski definition) is 1. The zero-order valence-corrected chi connectivity index (χ0v) is 13.0. The van der Waals surface area contributed by atoms with Gasteiger partial charge in [-0.15, -0.1) is 0 Å². The number of methoxy groups -OCH3 is 1. The van der Waals surface area contributed by atoms with Crippen LogP contribution in [0.1, 0.15) is 25.0 Å². The quantitative estimate of drug-likeness (QED) is 0.391. The minimum absolute atomic E-state index is 0.131. The second-order valence-electron chi connectivity index (χ2n) is 4.65. The lowest BCUT2D eigenvalue weighted by Crippen LogP contribution is -2.13. The Bertz CT molecular complexity index is 590. The molecular weight excluding hydrogens is 296 g/mol. The Morgan fingerprint density at radius 3 is 2.48 bits per heavy atom. The maximum Gasteiger partial charge on any atom is 0.378 e. The molecule has 0 aliphatic rings. The molecule has 0 atom stereocenters. The van der Waals surface area contributed by atoms with E-state index in [-0.39, 0.29) is 11.7 Å². The van der Waals surface area contributed by atoms with E-state index in [0.29, 0.717) is 10.8 Å². The van der Waals surface area contributed by atoms with Crippen LogP contribution < -0.4 is 4.74 Å². The number of aliphatic hydroxyl groups is 1. The van der Waals surface area contributed by atoms with Crippen LogP contribution in [0.3, 0.4) is 0 Å². The Morgan fingerprint density at radius 2 is 1.95 bits per heavy atom. The van der Waals surface area contributed by atoms with Gasteiger partial charge in [0.15, 0.2) is 0 Å². The predicted molar refractivity (Wildman–Crippen MR) is 79.6 cm³/mol. The van der Waals surface area contributed by atoms with Crippen molar-refractivity contribution >= 4 is 29.1 Å². The molecule has 1 N–H and O–H groups in total. The van der Waals surface area contributed by atoms with Gasteiger partial charge >= 0.3 is 5.97 Å². The van der Waals surface area contributed by atoms with Crippen molar-refractivity contribution in [2.24, 2.45) is 0 Å². The lowest BCUT2D eigenvalue weighted by atomic mass is 10.1. The van der Waals surface area contributed by atoms with Crippen molar-refractivity contribution in [2.75, 3.05) is 7.11 Å². The largest absolute Gasteiger partial charge is 0.507 e. The highest BCUT2D eigenvalue weighted by Crippen LogP contribution is 2.31. The maximum absolute atomic E-state index is 11.5. The fourth-order valence-corrected chi connectivity index (χ4v) is 1.73. The number of halogens is 1. The molecule has 0 heterocycles. The summed E-state index contributed by atoms with van der Waals surface area (Å²) >= 11 is 6.02. The van der Waals surface area contributed by atoms with Gasteiger partial charge in [0.25, 0.3) is 5.78 Å². The highest BCUT2D eigenvalue weighted by atomic mass is 35.5. The third kappa shape index (κ3) is 4.49. The van der Waals surface area contributed by atoms with Crippen molar-refractivity contribution in [3.05, 3.63) is 34.4 Å². The number of hydrogen-bond acceptors (Lipinski definition) is 5. The topological polar surface area (TPSA) is 72.8 Å². The van der Waals surface area contributed by atoms with Crippen LogP contribution in [0.2, 0.25) is 5.02 Å². The van der Waals surface area contributed by atoms with Crippen LogP contribution in [0.25, 0.3) is 5.76 Å². The van der Waals surface area contributed by atoms with Gasteiger partial charge in [0.1, 0.15) is 11.5 Å². The van der Waals surface area contributed by atoms with Crippen molar-refractivity contribution < 1.29 is 24.2 Å². The molecule has 114 valence electrons. The minimum Gasteiger partial charge on any atom is -0.507 e. The predicted octanol–water partition coefficient (Wildman–Crippen LogP) is 3.08. The van der Waals surface area contributed by atoms with E-state index in [0.717, 1.165) is 18.7 Å². The number of ether oxygens (including phenoxy) is 2. The number of benzene rings is 1. The second-order valence-corrected chi connectivity index (χ2v) is 5.06. The Labute approximate surface area is 128 Å². The van der Waals surface area contributed by atoms with E-state index in [1.165, 1.54) is 6.07 Å². The van der Waals surface area contributed by atoms with Crippen LogP contribution in [0, 0.1) is 6.92 Å². The summed E-state index contributed by atoms with van der Waals surface area (Å²) in [6, 6.07) is 3.13. The van der Waals surface area contributed by atoms with Gasteiger partial charge in [0, 0.05) is 11.1 Å². The van der Waals surface area contributed by atoms with Crippen LogP contribution in [-0.2, 0) is 14.3 Å². The molecule has 5 nitrogen and oxygen atoms in total. The standard InChI is InChI=1S/C15H17ClO5/c1-8(2)21-14-5-9(3)11(16)6-10(14)12(17)7-13(18)15(19)20-4/h5-8,17H,1-4H3/b12-7-. The van der Waals surface area contributed by atoms with Gasteiger partial charge in [0.2, 0.25) is 0 Å². The van der Waals surface area contributed by atoms with Crippen LogP contribution in [0.5, 0.6) is 5.75 Å². The summed E-state index contributed by atoms with van der Waals surface area (Å²) in [4.78, 5) is 22.5. The Kier molecular flexibility index (Phi) is 5.79. The molecule has 0 spiro atoms. The van der Waals surface area contributed by atoms with E-state index in [4.69, 9.17) is 16.3 Å². The van der Waals surface area contributed by atoms with E-state index in [1.807, 2.05) is 13.8 Å². The third-order valence-electron chi connectivity index (χ3n) is 2.55. The first-order valence-electron chi connectivity index (χ1n) is 6.26. The molecule has 0 aromatic heterocycles. The summed E-state index contributed by atoms with van der Waals surface area (Å²) in [5, 5.41) is 10.4. The SMILES string of the molecule is COC(=O)C(=O)/C=C(\O)c1cc(Cl)c(C)cc1OC(C)C. The molecule has 0 saturated carbocycles. The van der Waals surface area contributed by atoms with Gasteiger partial charge in [-0.05, 0) is 38.5 Å². The fourth-order valence-electron chi connectivity index (χ4n) is 1.57. The van der Waals surface area contributed by atoms with Gasteiger partial charge in [-0.25, -0.2) is 4.79 Å². The molecular formula is C15H17ClO5. The molecule has 0 unspecified atom stereocenters. The zero-order chi connectivity index (χ0) is 16.2. The number of rotatable bonds is 5. The Morgan fingerprint density at radius 1 is 1.33 bits per heavy atom. The van der Waals surface area contributed by atoms with Crippen LogP contribution in [0.15, 0.2) is 18.2 Å². The van der Waals surface area contributed by atoms with Crippen LogP contribution in [-0.4, -0.2) is 30.1 Å². The average molecular weight is 313 g/mol. The summed E-state index contributed by atoms with van der Waals surface area (Å²) < 4.78 is 9.87. The van der Waals surface area contributed by atoms with Crippen LogP contribution in [0.4, 0.5) is 0 Å². The van der Waals surface area contributed by atoms with Crippen molar-refractivity contribution in [1.82, 2.24) is 0 Å². The zero-order valence-electron chi connectivity index (χ0n) is 12.3. The van der Waals surface area contributed by atoms with Crippen molar-refractivity contribution in [3.8, 4) is 5.75 Å². The first-order chi connectivity index (χ1) is 9.76. The normalized spacial score (nSPS) is 11.4. The van der Waals surface area contributed by atoms with E-state index in [9.17, 15) is 14.7 Å². The molecule has 0 fully saturated rings. The molecule has 21 heavy (non-hydrogen) atoms. The van der Waals surface area contributed by atoms with E-state index < -0.39 is 17.5 Å². The lowest BCUT2D eigenvalue weighted by Gasteiger charge is -2.15. The second kappa shape index (κ2) is 7.13. The highest BCUT2D eigenvalue weighted by Gasteiger charge is 2.17. The molecule has 1 rings (SSSR count). The first kappa shape index (κ1) is 17.0. The molecule has 0 bridgehead atoms. The van der Waals surface area contributed by atoms with Gasteiger partial charge in [0.05, 0.1) is 18.8 Å². The fraction of sp³-hybridized carbons (Fsp3) is 0.333. The van der Waals surface area contributed by atoms with Gasteiger partial charge < -0.3 is 14.6 Å². The number of esters is 1. The third-order valence-corrected chi connectivity index (χ3v) is 2.96. The van der Waals surface area contributed by atoms with Crippen molar-refractivity contribution in [2.45, 2.75) is 26.9 Å². The number of carbonyl (C=O) groups excluding carboxylic acids is 2. The molecule has 1 aromatic carbocycles. The lowest BCUT2D eigenvalue weighted by molar-refractivity contribution is -0.149. The number of ketones is 1. The number of carbonyl (C=O) groups is 2. The minimum atomic E-state index is -1.06. The van der Waals surface area contributed by atoms with Crippen molar-refractivity contribution in [3.63, 3.8) is 0 Å². The number of aliphatic hydroxyl groups excluding tert-OH is 1. The van der Waals surface area contributed by atoms with Gasteiger partial charge in [-0.1, -0.05) is 11.6 Å². The Balaban J connectivity index is 3.27. The monoisotopic (exact) mass is 312 g/mol. The van der Waals surface area contributed by atoms with Crippen molar-refractivity contribution in [1.29, 1.82) is 0 Å². The van der Waals surface area contributed by atoms with Gasteiger partial charge in [-0.2, -0.15) is 0 Å². The molecule has 0 amide bonds. The van der Waals surface area contributed by atoms with E-state index >= 15 is 0 Å². The van der Waals surface area contributed by atoms with Crippen LogP contribution >= 0.6 is 11.6 Å². The molecule has 1 aromatic rings.